The van der Waals surface area contributed by atoms with E-state index in [1.165, 1.54) is 0 Å². The van der Waals surface area contributed by atoms with Crippen LogP contribution in [0.25, 0.3) is 0 Å². The van der Waals surface area contributed by atoms with E-state index in [2.05, 4.69) is 10.6 Å². The van der Waals surface area contributed by atoms with Gasteiger partial charge in [-0.2, -0.15) is 0 Å². The summed E-state index contributed by atoms with van der Waals surface area (Å²) in [7, 11) is 0. The maximum Gasteiger partial charge on any atom is 0.317 e. The molecule has 4 amide bonds. The molecule has 4 fully saturated rings. The summed E-state index contributed by atoms with van der Waals surface area (Å²) in [5, 5.41) is 15.1. The fourth-order valence-corrected chi connectivity index (χ4v) is 8.25. The van der Waals surface area contributed by atoms with E-state index in [0.29, 0.717) is 45.3 Å². The standard InChI is InChI=1S/C35H53N7O6/c1-22-16-28(39-32(45)27(17-23-10-4-2-5-11-23)38-33(46)31(37)24-12-6-3-7-13-24)34(47)41(22)29(14-8-9-15-36)35(48)42-25-18-26(42)20-40(19-25)21-30(43)44/h2,4-5,10-11,22,24-29,31H,3,6-9,12-21,36-37H2,1H3,(H,38,46)(H,39,45)(H,43,44). The predicted molar refractivity (Wildman–Crippen MR) is 179 cm³/mol. The molecule has 3 heterocycles. The van der Waals surface area contributed by atoms with Crippen molar-refractivity contribution in [2.75, 3.05) is 26.2 Å². The minimum Gasteiger partial charge on any atom is -0.480 e. The van der Waals surface area contributed by atoms with Crippen molar-refractivity contribution in [3.63, 3.8) is 0 Å². The lowest BCUT2D eigenvalue weighted by Crippen LogP contribution is -2.72. The van der Waals surface area contributed by atoms with Gasteiger partial charge in [0.25, 0.3) is 0 Å². The Morgan fingerprint density at radius 1 is 0.979 bits per heavy atom. The summed E-state index contributed by atoms with van der Waals surface area (Å²) in [6.45, 7) is 3.29. The summed E-state index contributed by atoms with van der Waals surface area (Å²) in [5.74, 6) is -2.08. The van der Waals surface area contributed by atoms with Gasteiger partial charge in [-0.15, -0.1) is 0 Å². The predicted octanol–water partition coefficient (Wildman–Crippen LogP) is 0.594. The van der Waals surface area contributed by atoms with Crippen LogP contribution in [0.5, 0.6) is 0 Å². The number of amides is 4. The van der Waals surface area contributed by atoms with Crippen LogP contribution in [-0.4, -0.2) is 118 Å². The molecule has 1 aromatic carbocycles. The number of carboxylic acids is 1. The number of fused-ring (bicyclic) bond motifs is 2. The second kappa shape index (κ2) is 16.2. The Morgan fingerprint density at radius 3 is 2.31 bits per heavy atom. The Bertz CT molecular complexity index is 1300. The minimum absolute atomic E-state index is 0.0593. The minimum atomic E-state index is -0.928. The number of piperidine rings is 1. The van der Waals surface area contributed by atoms with Gasteiger partial charge in [-0.1, -0.05) is 49.6 Å². The molecule has 7 unspecified atom stereocenters. The van der Waals surface area contributed by atoms with E-state index in [4.69, 9.17) is 11.5 Å². The monoisotopic (exact) mass is 667 g/mol. The molecule has 48 heavy (non-hydrogen) atoms. The van der Waals surface area contributed by atoms with Crippen molar-refractivity contribution in [1.82, 2.24) is 25.3 Å². The smallest absolute Gasteiger partial charge is 0.317 e. The lowest BCUT2D eigenvalue weighted by Gasteiger charge is -2.57. The molecule has 7 N–H and O–H groups in total. The molecule has 0 spiro atoms. The zero-order valence-electron chi connectivity index (χ0n) is 28.1. The van der Waals surface area contributed by atoms with Gasteiger partial charge in [0.1, 0.15) is 18.1 Å². The molecular weight excluding hydrogens is 614 g/mol. The summed E-state index contributed by atoms with van der Waals surface area (Å²) >= 11 is 0. The number of aliphatic carboxylic acids is 1. The summed E-state index contributed by atoms with van der Waals surface area (Å²) < 4.78 is 0. The number of likely N-dealkylation sites (tertiary alicyclic amines) is 3. The van der Waals surface area contributed by atoms with E-state index in [0.717, 1.165) is 44.1 Å². The number of nitrogens with one attached hydrogen (secondary N) is 2. The largest absolute Gasteiger partial charge is 0.480 e. The molecule has 1 aromatic rings. The number of hydrogen-bond acceptors (Lipinski definition) is 8. The molecule has 1 aliphatic carbocycles. The molecule has 264 valence electrons. The molecule has 5 rings (SSSR count). The van der Waals surface area contributed by atoms with Crippen LogP contribution in [0.15, 0.2) is 30.3 Å². The second-order valence-electron chi connectivity index (χ2n) is 14.2. The first-order valence-electron chi connectivity index (χ1n) is 17.8. The first kappa shape index (κ1) is 35.7. The van der Waals surface area contributed by atoms with E-state index in [-0.39, 0.29) is 54.7 Å². The molecule has 13 heteroatoms. The molecule has 3 aliphatic heterocycles. The van der Waals surface area contributed by atoms with E-state index < -0.39 is 36.0 Å². The highest BCUT2D eigenvalue weighted by Gasteiger charge is 2.52. The Labute approximate surface area is 283 Å². The van der Waals surface area contributed by atoms with Crippen molar-refractivity contribution >= 4 is 29.6 Å². The molecule has 0 radical (unpaired) electrons. The number of hydrogen-bond donors (Lipinski definition) is 5. The van der Waals surface area contributed by atoms with Gasteiger partial charge >= 0.3 is 5.97 Å². The Balaban J connectivity index is 1.27. The highest BCUT2D eigenvalue weighted by atomic mass is 16.4. The van der Waals surface area contributed by atoms with Crippen molar-refractivity contribution < 1.29 is 29.1 Å². The maximum absolute atomic E-state index is 14.1. The van der Waals surface area contributed by atoms with Gasteiger partial charge in [-0.25, -0.2) is 0 Å². The average molecular weight is 668 g/mol. The first-order chi connectivity index (χ1) is 23.1. The summed E-state index contributed by atoms with van der Waals surface area (Å²) in [6, 6.07) is 5.75. The molecule has 2 bridgehead atoms. The third-order valence-corrected chi connectivity index (χ3v) is 10.7. The zero-order valence-corrected chi connectivity index (χ0v) is 28.1. The summed E-state index contributed by atoms with van der Waals surface area (Å²) in [5.41, 5.74) is 13.0. The molecule has 3 saturated heterocycles. The topological polar surface area (TPSA) is 191 Å². The fourth-order valence-electron chi connectivity index (χ4n) is 8.25. The van der Waals surface area contributed by atoms with Crippen molar-refractivity contribution in [3.05, 3.63) is 35.9 Å². The van der Waals surface area contributed by atoms with E-state index in [9.17, 15) is 29.1 Å². The van der Waals surface area contributed by atoms with Crippen LogP contribution in [0.4, 0.5) is 0 Å². The molecule has 4 aliphatic rings. The highest BCUT2D eigenvalue weighted by molar-refractivity contribution is 5.96. The molecule has 1 saturated carbocycles. The molecule has 0 aromatic heterocycles. The van der Waals surface area contributed by atoms with Gasteiger partial charge in [0, 0.05) is 37.6 Å². The number of carboxylic acid groups (broad SMARTS) is 1. The molecule has 7 atom stereocenters. The van der Waals surface area contributed by atoms with Crippen LogP contribution in [0.1, 0.15) is 76.7 Å². The normalized spacial score (nSPS) is 26.4. The fraction of sp³-hybridized carbons (Fsp3) is 0.686. The van der Waals surface area contributed by atoms with Crippen molar-refractivity contribution in [2.24, 2.45) is 17.4 Å². The first-order valence-corrected chi connectivity index (χ1v) is 17.8. The third kappa shape index (κ3) is 8.35. The number of unbranched alkanes of at least 4 members (excludes halogenated alkanes) is 1. The quantitative estimate of drug-likeness (QED) is 0.167. The Kier molecular flexibility index (Phi) is 12.1. The van der Waals surface area contributed by atoms with Crippen molar-refractivity contribution in [2.45, 2.75) is 120 Å². The Morgan fingerprint density at radius 2 is 1.67 bits per heavy atom. The van der Waals surface area contributed by atoms with Gasteiger partial charge in [0.2, 0.25) is 23.6 Å². The van der Waals surface area contributed by atoms with Gasteiger partial charge in [-0.05, 0) is 69.9 Å². The van der Waals surface area contributed by atoms with Gasteiger partial charge in [0.15, 0.2) is 0 Å². The number of carbonyl (C=O) groups is 5. The van der Waals surface area contributed by atoms with Crippen LogP contribution in [0, 0.1) is 5.92 Å². The number of benzene rings is 1. The number of nitrogens with zero attached hydrogens (tertiary/aromatic N) is 3. The number of carbonyl (C=O) groups excluding carboxylic acids is 4. The number of rotatable bonds is 15. The highest BCUT2D eigenvalue weighted by Crippen LogP contribution is 2.35. The van der Waals surface area contributed by atoms with Gasteiger partial charge in [-0.3, -0.25) is 28.9 Å². The van der Waals surface area contributed by atoms with E-state index in [1.54, 1.807) is 4.90 Å². The molecule has 13 nitrogen and oxygen atoms in total. The molecular formula is C35H53N7O6. The van der Waals surface area contributed by atoms with Crippen LogP contribution in [0.2, 0.25) is 0 Å². The van der Waals surface area contributed by atoms with E-state index >= 15 is 0 Å². The van der Waals surface area contributed by atoms with Crippen LogP contribution in [0.3, 0.4) is 0 Å². The second-order valence-corrected chi connectivity index (χ2v) is 14.2. The van der Waals surface area contributed by atoms with Crippen LogP contribution in [-0.2, 0) is 30.4 Å². The van der Waals surface area contributed by atoms with Gasteiger partial charge in [0.05, 0.1) is 12.6 Å². The van der Waals surface area contributed by atoms with Crippen LogP contribution < -0.4 is 22.1 Å². The maximum atomic E-state index is 14.1. The van der Waals surface area contributed by atoms with Crippen LogP contribution >= 0.6 is 0 Å². The SMILES string of the molecule is CC1CC(NC(=O)C(Cc2ccccc2)NC(=O)C(N)C2CCCCC2)C(=O)N1C(CCCCN)C(=O)N1C2CC1CN(CC(=O)O)C2. The lowest BCUT2D eigenvalue weighted by atomic mass is 9.84. The average Bonchev–Trinajstić information content (AvgIpc) is 3.34. The number of nitrogens with two attached hydrogens (primary N) is 2. The lowest BCUT2D eigenvalue weighted by molar-refractivity contribution is -0.164. The zero-order chi connectivity index (χ0) is 34.4. The van der Waals surface area contributed by atoms with E-state index in [1.807, 2.05) is 47.1 Å². The van der Waals surface area contributed by atoms with Crippen molar-refractivity contribution in [3.8, 4) is 0 Å². The van der Waals surface area contributed by atoms with Crippen molar-refractivity contribution in [1.29, 1.82) is 0 Å². The number of piperazine rings is 1. The third-order valence-electron chi connectivity index (χ3n) is 10.7. The summed E-state index contributed by atoms with van der Waals surface area (Å²) in [6.07, 6.45) is 8.21. The summed E-state index contributed by atoms with van der Waals surface area (Å²) in [4.78, 5) is 71.9. The Hall–Kier alpha value is -3.55. The van der Waals surface area contributed by atoms with Gasteiger partial charge < -0.3 is 37.0 Å².